The van der Waals surface area contributed by atoms with Crippen LogP contribution in [-0.2, 0) is 11.3 Å². The molecule has 140 valence electrons. The molecule has 26 heavy (non-hydrogen) atoms. The van der Waals surface area contributed by atoms with E-state index >= 15 is 0 Å². The second kappa shape index (κ2) is 7.43. The summed E-state index contributed by atoms with van der Waals surface area (Å²) < 4.78 is 5.62. The summed E-state index contributed by atoms with van der Waals surface area (Å²) in [5, 5.41) is 2.62. The number of carbonyl (C=O) groups is 1. The number of nitrogens with zero attached hydrogens (tertiary/aromatic N) is 2. The van der Waals surface area contributed by atoms with Crippen LogP contribution < -0.4 is 0 Å². The van der Waals surface area contributed by atoms with E-state index in [2.05, 4.69) is 23.2 Å². The Morgan fingerprint density at radius 2 is 2.04 bits per heavy atom. The van der Waals surface area contributed by atoms with E-state index in [0.717, 1.165) is 28.6 Å². The summed E-state index contributed by atoms with van der Waals surface area (Å²) in [6.07, 6.45) is 3.40. The fourth-order valence-corrected chi connectivity index (χ4v) is 3.52. The van der Waals surface area contributed by atoms with Crippen LogP contribution in [0.25, 0.3) is 10.8 Å². The Balaban J connectivity index is 1.83. The molecule has 3 rings (SSSR count). The van der Waals surface area contributed by atoms with E-state index in [4.69, 9.17) is 16.3 Å². The number of carbonyl (C=O) groups excluding carboxylic acids is 1. The Morgan fingerprint density at radius 1 is 1.31 bits per heavy atom. The number of aryl methyl sites for hydroxylation is 1. The largest absolute Gasteiger partial charge is 0.444 e. The fourth-order valence-electron chi connectivity index (χ4n) is 3.28. The van der Waals surface area contributed by atoms with Gasteiger partial charge < -0.3 is 9.64 Å². The summed E-state index contributed by atoms with van der Waals surface area (Å²) in [6, 6.07) is 8.08. The van der Waals surface area contributed by atoms with Gasteiger partial charge >= 0.3 is 6.09 Å². The second-order valence-electron chi connectivity index (χ2n) is 8.24. The molecule has 1 aliphatic carbocycles. The molecule has 1 amide bonds. The quantitative estimate of drug-likeness (QED) is 0.641. The molecular formula is C21H27ClN2O2. The SMILES string of the molecule is Cc1nc(Cl)cc2cc(CN(CC3CCC3)C(=O)OC(C)(C)C)ccc12. The van der Waals surface area contributed by atoms with Crippen molar-refractivity contribution >= 4 is 28.5 Å². The third-order valence-electron chi connectivity index (χ3n) is 4.78. The molecule has 1 saturated carbocycles. The minimum atomic E-state index is -0.491. The second-order valence-corrected chi connectivity index (χ2v) is 8.63. The predicted octanol–water partition coefficient (Wildman–Crippen LogP) is 5.73. The third-order valence-corrected chi connectivity index (χ3v) is 4.98. The Bertz CT molecular complexity index is 809. The minimum absolute atomic E-state index is 0.242. The first-order valence-electron chi connectivity index (χ1n) is 9.25. The number of benzene rings is 1. The molecule has 0 N–H and O–H groups in total. The lowest BCUT2D eigenvalue weighted by Crippen LogP contribution is -2.40. The van der Waals surface area contributed by atoms with Crippen LogP contribution in [0.3, 0.4) is 0 Å². The fraction of sp³-hybridized carbons (Fsp3) is 0.524. The first-order chi connectivity index (χ1) is 12.2. The van der Waals surface area contributed by atoms with Gasteiger partial charge in [-0.2, -0.15) is 0 Å². The van der Waals surface area contributed by atoms with Crippen molar-refractivity contribution in [2.45, 2.75) is 59.1 Å². The van der Waals surface area contributed by atoms with Gasteiger partial charge in [0.05, 0.1) is 0 Å². The van der Waals surface area contributed by atoms with E-state index in [1.165, 1.54) is 19.3 Å². The highest BCUT2D eigenvalue weighted by Gasteiger charge is 2.27. The Kier molecular flexibility index (Phi) is 5.42. The molecule has 0 saturated heterocycles. The topological polar surface area (TPSA) is 42.4 Å². The summed E-state index contributed by atoms with van der Waals surface area (Å²) in [5.41, 5.74) is 1.50. The van der Waals surface area contributed by atoms with Gasteiger partial charge in [-0.3, -0.25) is 0 Å². The van der Waals surface area contributed by atoms with Crippen molar-refractivity contribution in [2.24, 2.45) is 5.92 Å². The molecule has 1 fully saturated rings. The maximum atomic E-state index is 12.7. The van der Waals surface area contributed by atoms with Gasteiger partial charge in [0.2, 0.25) is 0 Å². The van der Waals surface area contributed by atoms with E-state index in [0.29, 0.717) is 17.6 Å². The maximum Gasteiger partial charge on any atom is 0.410 e. The molecule has 1 aliphatic rings. The summed E-state index contributed by atoms with van der Waals surface area (Å²) >= 11 is 6.10. The normalized spacial score (nSPS) is 15.0. The van der Waals surface area contributed by atoms with Gasteiger partial charge in [0.15, 0.2) is 0 Å². The molecule has 0 radical (unpaired) electrons. The lowest BCUT2D eigenvalue weighted by atomic mass is 9.85. The Hall–Kier alpha value is -1.81. The van der Waals surface area contributed by atoms with Gasteiger partial charge in [-0.25, -0.2) is 9.78 Å². The molecule has 0 bridgehead atoms. The average Bonchev–Trinajstić information content (AvgIpc) is 2.47. The number of aromatic nitrogens is 1. The van der Waals surface area contributed by atoms with E-state index < -0.39 is 5.60 Å². The first kappa shape index (κ1) is 19.0. The number of halogens is 1. The number of fused-ring (bicyclic) bond motifs is 1. The molecule has 0 aliphatic heterocycles. The predicted molar refractivity (Wildman–Crippen MR) is 105 cm³/mol. The van der Waals surface area contributed by atoms with Crippen molar-refractivity contribution in [1.29, 1.82) is 0 Å². The number of amides is 1. The lowest BCUT2D eigenvalue weighted by Gasteiger charge is -2.33. The molecule has 2 aromatic rings. The van der Waals surface area contributed by atoms with Gasteiger partial charge in [0.25, 0.3) is 0 Å². The van der Waals surface area contributed by atoms with Gasteiger partial charge in [0, 0.05) is 24.2 Å². The number of rotatable bonds is 4. The molecule has 1 aromatic heterocycles. The number of hydrogen-bond donors (Lipinski definition) is 0. The van der Waals surface area contributed by atoms with E-state index in [9.17, 15) is 4.79 Å². The monoisotopic (exact) mass is 374 g/mol. The molecule has 0 spiro atoms. The zero-order valence-electron chi connectivity index (χ0n) is 16.0. The number of hydrogen-bond acceptors (Lipinski definition) is 3. The van der Waals surface area contributed by atoms with Crippen LogP contribution in [0.15, 0.2) is 24.3 Å². The van der Waals surface area contributed by atoms with Crippen molar-refractivity contribution < 1.29 is 9.53 Å². The van der Waals surface area contributed by atoms with Crippen molar-refractivity contribution in [3.05, 3.63) is 40.7 Å². The molecule has 0 unspecified atom stereocenters. The average molecular weight is 375 g/mol. The molecule has 0 atom stereocenters. The summed E-state index contributed by atoms with van der Waals surface area (Å²) in [5.74, 6) is 0.587. The van der Waals surface area contributed by atoms with Crippen molar-refractivity contribution in [1.82, 2.24) is 9.88 Å². The van der Waals surface area contributed by atoms with Crippen LogP contribution in [0.5, 0.6) is 0 Å². The highest BCUT2D eigenvalue weighted by Crippen LogP contribution is 2.29. The highest BCUT2D eigenvalue weighted by atomic mass is 35.5. The van der Waals surface area contributed by atoms with E-state index in [-0.39, 0.29) is 6.09 Å². The van der Waals surface area contributed by atoms with Gasteiger partial charge in [-0.05, 0) is 69.5 Å². The molecule has 1 aromatic carbocycles. The lowest BCUT2D eigenvalue weighted by molar-refractivity contribution is 0.0173. The van der Waals surface area contributed by atoms with Crippen LogP contribution in [-0.4, -0.2) is 28.1 Å². The van der Waals surface area contributed by atoms with Gasteiger partial charge in [-0.1, -0.05) is 30.2 Å². The van der Waals surface area contributed by atoms with Crippen LogP contribution in [0.2, 0.25) is 5.15 Å². The standard InChI is InChI=1S/C21H27ClN2O2/c1-14-18-9-8-16(10-17(18)11-19(22)23-14)13-24(12-15-6-5-7-15)20(25)26-21(2,3)4/h8-11,15H,5-7,12-13H2,1-4H3. The maximum absolute atomic E-state index is 12.7. The zero-order valence-corrected chi connectivity index (χ0v) is 16.8. The minimum Gasteiger partial charge on any atom is -0.444 e. The molecule has 5 heteroatoms. The van der Waals surface area contributed by atoms with Crippen LogP contribution in [0.1, 0.15) is 51.3 Å². The van der Waals surface area contributed by atoms with Crippen LogP contribution in [0.4, 0.5) is 4.79 Å². The van der Waals surface area contributed by atoms with Crippen molar-refractivity contribution in [3.8, 4) is 0 Å². The third kappa shape index (κ3) is 4.67. The van der Waals surface area contributed by atoms with E-state index in [1.54, 1.807) is 0 Å². The Labute approximate surface area is 160 Å². The van der Waals surface area contributed by atoms with Gasteiger partial charge in [-0.15, -0.1) is 0 Å². The summed E-state index contributed by atoms with van der Waals surface area (Å²) in [4.78, 5) is 18.8. The molecular weight excluding hydrogens is 348 g/mol. The zero-order chi connectivity index (χ0) is 18.9. The van der Waals surface area contributed by atoms with Crippen LogP contribution in [0, 0.1) is 12.8 Å². The molecule has 1 heterocycles. The Morgan fingerprint density at radius 3 is 2.65 bits per heavy atom. The number of pyridine rings is 1. The van der Waals surface area contributed by atoms with Crippen molar-refractivity contribution in [3.63, 3.8) is 0 Å². The smallest absolute Gasteiger partial charge is 0.410 e. The van der Waals surface area contributed by atoms with Crippen LogP contribution >= 0.6 is 11.6 Å². The first-order valence-corrected chi connectivity index (χ1v) is 9.63. The summed E-state index contributed by atoms with van der Waals surface area (Å²) in [7, 11) is 0. The highest BCUT2D eigenvalue weighted by molar-refractivity contribution is 6.30. The molecule has 4 nitrogen and oxygen atoms in total. The van der Waals surface area contributed by atoms with Crippen molar-refractivity contribution in [2.75, 3.05) is 6.54 Å². The summed E-state index contributed by atoms with van der Waals surface area (Å²) in [6.45, 7) is 8.96. The number of ether oxygens (including phenoxy) is 1. The van der Waals surface area contributed by atoms with Gasteiger partial charge in [0.1, 0.15) is 10.8 Å². The van der Waals surface area contributed by atoms with E-state index in [1.807, 2.05) is 38.7 Å².